The molecular formula is C21H20ClN3O3. The highest BCUT2D eigenvalue weighted by molar-refractivity contribution is 6.30. The van der Waals surface area contributed by atoms with Crippen molar-refractivity contribution in [1.82, 2.24) is 4.98 Å². The quantitative estimate of drug-likeness (QED) is 0.617. The van der Waals surface area contributed by atoms with Crippen molar-refractivity contribution in [2.75, 3.05) is 6.61 Å². The van der Waals surface area contributed by atoms with Crippen molar-refractivity contribution in [3.05, 3.63) is 62.8 Å². The molecule has 1 aromatic carbocycles. The summed E-state index contributed by atoms with van der Waals surface area (Å²) >= 11 is 6.49. The van der Waals surface area contributed by atoms with Crippen molar-refractivity contribution in [2.24, 2.45) is 5.73 Å². The number of ether oxygens (including phenoxy) is 2. The summed E-state index contributed by atoms with van der Waals surface area (Å²) in [7, 11) is 0. The van der Waals surface area contributed by atoms with E-state index in [1.54, 1.807) is 13.8 Å². The third-order valence-corrected chi connectivity index (χ3v) is 5.13. The molecule has 0 aliphatic carbocycles. The van der Waals surface area contributed by atoms with Gasteiger partial charge >= 0.3 is 5.97 Å². The van der Waals surface area contributed by atoms with E-state index >= 15 is 0 Å². The van der Waals surface area contributed by atoms with Gasteiger partial charge in [-0.15, -0.1) is 0 Å². The Kier molecular flexibility index (Phi) is 5.30. The second-order valence-corrected chi connectivity index (χ2v) is 6.97. The van der Waals surface area contributed by atoms with Crippen LogP contribution in [0.3, 0.4) is 0 Å². The van der Waals surface area contributed by atoms with Gasteiger partial charge in [0, 0.05) is 10.9 Å². The number of nitrogens with two attached hydrogens (primary N) is 1. The number of pyridine rings is 1. The van der Waals surface area contributed by atoms with Crippen LogP contribution < -0.4 is 5.73 Å². The first-order valence-electron chi connectivity index (χ1n) is 8.81. The Hall–Kier alpha value is -3.04. The molecule has 1 aliphatic rings. The minimum atomic E-state index is -0.816. The number of carbonyl (C=O) groups excluding carboxylic acids is 1. The molecular weight excluding hydrogens is 378 g/mol. The van der Waals surface area contributed by atoms with E-state index in [0.29, 0.717) is 5.56 Å². The normalized spacial score (nSPS) is 16.8. The molecule has 0 bridgehead atoms. The molecule has 0 saturated carbocycles. The molecule has 0 radical (unpaired) electrons. The summed E-state index contributed by atoms with van der Waals surface area (Å²) in [6.45, 7) is 7.50. The maximum absolute atomic E-state index is 12.6. The topological polar surface area (TPSA) is 98.2 Å². The number of hydrogen-bond acceptors (Lipinski definition) is 6. The van der Waals surface area contributed by atoms with Gasteiger partial charge in [-0.3, -0.25) is 0 Å². The largest absolute Gasteiger partial charge is 0.463 e. The minimum Gasteiger partial charge on any atom is -0.463 e. The van der Waals surface area contributed by atoms with Crippen LogP contribution in [0.2, 0.25) is 5.15 Å². The van der Waals surface area contributed by atoms with E-state index in [1.165, 1.54) is 0 Å². The second-order valence-electron chi connectivity index (χ2n) is 6.61. The molecule has 144 valence electrons. The molecule has 2 aromatic rings. The van der Waals surface area contributed by atoms with E-state index in [0.717, 1.165) is 22.0 Å². The minimum absolute atomic E-state index is 0.0608. The molecule has 28 heavy (non-hydrogen) atoms. The van der Waals surface area contributed by atoms with Crippen molar-refractivity contribution < 1.29 is 14.3 Å². The van der Waals surface area contributed by atoms with Gasteiger partial charge < -0.3 is 15.2 Å². The van der Waals surface area contributed by atoms with E-state index in [2.05, 4.69) is 4.98 Å². The van der Waals surface area contributed by atoms with E-state index in [9.17, 15) is 10.1 Å². The van der Waals surface area contributed by atoms with Crippen LogP contribution in [0.4, 0.5) is 0 Å². The number of carbonyl (C=O) groups is 1. The monoisotopic (exact) mass is 397 g/mol. The number of benzene rings is 1. The number of nitriles is 1. The highest BCUT2D eigenvalue weighted by Crippen LogP contribution is 2.42. The van der Waals surface area contributed by atoms with Crippen LogP contribution in [0.15, 0.2) is 41.0 Å². The van der Waals surface area contributed by atoms with Gasteiger partial charge in [0.25, 0.3) is 0 Å². The Labute approximate surface area is 168 Å². The predicted molar refractivity (Wildman–Crippen MR) is 106 cm³/mol. The van der Waals surface area contributed by atoms with E-state index in [1.807, 2.05) is 38.1 Å². The summed E-state index contributed by atoms with van der Waals surface area (Å²) in [6, 6.07) is 7.83. The first-order chi connectivity index (χ1) is 13.3. The van der Waals surface area contributed by atoms with Crippen LogP contribution in [0.1, 0.15) is 36.5 Å². The number of rotatable bonds is 3. The van der Waals surface area contributed by atoms with Crippen LogP contribution in [-0.2, 0) is 14.3 Å². The van der Waals surface area contributed by atoms with Crippen LogP contribution in [0.5, 0.6) is 0 Å². The molecule has 6 nitrogen and oxygen atoms in total. The predicted octanol–water partition coefficient (Wildman–Crippen LogP) is 4.15. The number of allylic oxidation sites excluding steroid dienone is 2. The van der Waals surface area contributed by atoms with Gasteiger partial charge in [-0.25, -0.2) is 9.78 Å². The highest BCUT2D eigenvalue weighted by Gasteiger charge is 2.37. The summed E-state index contributed by atoms with van der Waals surface area (Å²) in [5.74, 6) is -1.18. The Morgan fingerprint density at radius 1 is 1.32 bits per heavy atom. The number of aryl methyl sites for hydroxylation is 2. The SMILES string of the molecule is CCOC(=O)C1=C(C)OC(N)=C(C#N)[C@@H]1c1cc2cc(C)c(C)cc2nc1Cl. The maximum Gasteiger partial charge on any atom is 0.338 e. The third-order valence-electron chi connectivity index (χ3n) is 4.82. The van der Waals surface area contributed by atoms with Crippen molar-refractivity contribution in [2.45, 2.75) is 33.6 Å². The maximum atomic E-state index is 12.6. The van der Waals surface area contributed by atoms with Crippen LogP contribution in [0.25, 0.3) is 10.9 Å². The lowest BCUT2D eigenvalue weighted by Crippen LogP contribution is -2.26. The number of aromatic nitrogens is 1. The molecule has 1 atom stereocenters. The summed E-state index contributed by atoms with van der Waals surface area (Å²) in [6.07, 6.45) is 0. The number of esters is 1. The van der Waals surface area contributed by atoms with Crippen molar-refractivity contribution in [3.8, 4) is 6.07 Å². The molecule has 0 saturated heterocycles. The lowest BCUT2D eigenvalue weighted by molar-refractivity contribution is -0.139. The van der Waals surface area contributed by atoms with Gasteiger partial charge in [-0.1, -0.05) is 11.6 Å². The van der Waals surface area contributed by atoms with Gasteiger partial charge in [0.2, 0.25) is 5.88 Å². The Bertz CT molecular complexity index is 1100. The van der Waals surface area contributed by atoms with Crippen LogP contribution in [0, 0.1) is 25.2 Å². The molecule has 0 fully saturated rings. The number of hydrogen-bond donors (Lipinski definition) is 1. The average Bonchev–Trinajstić information content (AvgIpc) is 2.62. The Balaban J connectivity index is 2.28. The standard InChI is InChI=1S/C21H20ClN3O3/c1-5-27-21(26)17-12(4)28-20(24)15(9-23)18(17)14-8-13-6-10(2)11(3)7-16(13)25-19(14)22/h6-8,18H,5,24H2,1-4H3/t18-/m0/s1. The zero-order valence-electron chi connectivity index (χ0n) is 16.1. The fourth-order valence-corrected chi connectivity index (χ4v) is 3.56. The van der Waals surface area contributed by atoms with Gasteiger partial charge in [0.05, 0.1) is 23.6 Å². The Morgan fingerprint density at radius 3 is 2.64 bits per heavy atom. The van der Waals surface area contributed by atoms with Gasteiger partial charge in [-0.2, -0.15) is 5.26 Å². The van der Waals surface area contributed by atoms with E-state index < -0.39 is 11.9 Å². The molecule has 3 rings (SSSR count). The number of nitrogens with zero attached hydrogens (tertiary/aromatic N) is 2. The molecule has 0 amide bonds. The molecule has 1 aliphatic heterocycles. The fourth-order valence-electron chi connectivity index (χ4n) is 3.30. The molecule has 2 heterocycles. The molecule has 1 aromatic heterocycles. The summed E-state index contributed by atoms with van der Waals surface area (Å²) in [5, 5.41) is 10.7. The number of fused-ring (bicyclic) bond motifs is 1. The summed E-state index contributed by atoms with van der Waals surface area (Å²) in [4.78, 5) is 17.1. The fraction of sp³-hybridized carbons (Fsp3) is 0.286. The molecule has 0 spiro atoms. The number of halogens is 1. The first kappa shape index (κ1) is 19.7. The van der Waals surface area contributed by atoms with Crippen molar-refractivity contribution in [3.63, 3.8) is 0 Å². The summed E-state index contributed by atoms with van der Waals surface area (Å²) < 4.78 is 10.6. The zero-order valence-corrected chi connectivity index (χ0v) is 16.8. The van der Waals surface area contributed by atoms with E-state index in [4.69, 9.17) is 26.8 Å². The van der Waals surface area contributed by atoms with E-state index in [-0.39, 0.29) is 34.5 Å². The average molecular weight is 398 g/mol. The zero-order chi connectivity index (χ0) is 20.6. The molecule has 2 N–H and O–H groups in total. The second kappa shape index (κ2) is 7.53. The lowest BCUT2D eigenvalue weighted by Gasteiger charge is -2.27. The Morgan fingerprint density at radius 2 is 2.00 bits per heavy atom. The first-order valence-corrected chi connectivity index (χ1v) is 9.19. The highest BCUT2D eigenvalue weighted by atomic mass is 35.5. The van der Waals surface area contributed by atoms with Gasteiger partial charge in [0.15, 0.2) is 0 Å². The van der Waals surface area contributed by atoms with Crippen LogP contribution in [-0.4, -0.2) is 17.6 Å². The van der Waals surface area contributed by atoms with Crippen molar-refractivity contribution >= 4 is 28.5 Å². The molecule has 0 unspecified atom stereocenters. The van der Waals surface area contributed by atoms with Crippen molar-refractivity contribution in [1.29, 1.82) is 5.26 Å². The summed E-state index contributed by atoms with van der Waals surface area (Å²) in [5.41, 5.74) is 9.66. The van der Waals surface area contributed by atoms with Gasteiger partial charge in [0.1, 0.15) is 22.6 Å². The van der Waals surface area contributed by atoms with Gasteiger partial charge in [-0.05, 0) is 57.0 Å². The van der Waals surface area contributed by atoms with Crippen LogP contribution >= 0.6 is 11.6 Å². The third kappa shape index (κ3) is 3.30. The lowest BCUT2D eigenvalue weighted by atomic mass is 9.83. The smallest absolute Gasteiger partial charge is 0.338 e. The molecule has 7 heteroatoms.